The number of benzene rings is 4. The van der Waals surface area contributed by atoms with E-state index in [0.717, 1.165) is 83.1 Å². The first-order valence-corrected chi connectivity index (χ1v) is 27.3. The summed E-state index contributed by atoms with van der Waals surface area (Å²) in [6.45, 7) is 5.42. The Hall–Kier alpha value is -6.44. The van der Waals surface area contributed by atoms with Crippen LogP contribution in [0.2, 0.25) is 5.02 Å². The number of carbonyl (C=O) groups excluding carboxylic acids is 4. The van der Waals surface area contributed by atoms with E-state index in [1.807, 2.05) is 37.3 Å². The molecule has 5 aromatic rings. The molecule has 2 unspecified atom stereocenters. The minimum Gasteiger partial charge on any atom is -0.486 e. The van der Waals surface area contributed by atoms with Crippen molar-refractivity contribution < 1.29 is 51.0 Å². The molecular weight excluding hydrogens is 1020 g/mol. The smallest absolute Gasteiger partial charge is 0.329 e. The number of ether oxygens (including phenoxy) is 3. The monoisotopic (exact) mass is 1080 g/mol. The molecule has 0 bridgehead atoms. The first-order valence-electron chi connectivity index (χ1n) is 27.0. The fourth-order valence-electron chi connectivity index (χ4n) is 14.0. The molecule has 5 fully saturated rings. The van der Waals surface area contributed by atoms with Crippen LogP contribution in [0.3, 0.4) is 0 Å². The largest absolute Gasteiger partial charge is 0.486 e. The molecule has 406 valence electrons. The molecule has 4 N–H and O–H groups in total. The number of fused-ring (bicyclic) bond motifs is 3. The number of hydrogen-bond donors (Lipinski definition) is 3. The molecule has 2 atom stereocenters. The molecule has 2 saturated carbocycles. The lowest BCUT2D eigenvalue weighted by Crippen LogP contribution is -2.57. The number of aryl methyl sites for hydroxylation is 1. The standard InChI is InChI=1S/C57H61ClF4N8O7/c1-30-43-40(26-39(60)47(58)46(43)45-36(52(63)72)25-41-51(49(45)62)76-23-22-75-41)77-57(30,33-6-4-3-5-7-33)29-64-34-10-8-32(9-11-34)54(73)69-20-15-56(16-21-69)27-35(28-56)68-17-12-31(13-18-68)44-38(59)24-37-50(48(44)61)67(2)66-53(37)70-19-14-42(71)65-55(70)74/h3-7,24-26,30-32,34-35,64H,8-23,27-29H2,1-2H3,(H2,63,72)(H,65,71,74). The van der Waals surface area contributed by atoms with Gasteiger partial charge in [0.1, 0.15) is 36.1 Å². The van der Waals surface area contributed by atoms with Gasteiger partial charge in [0.25, 0.3) is 0 Å². The van der Waals surface area contributed by atoms with E-state index in [1.165, 1.54) is 27.8 Å². The van der Waals surface area contributed by atoms with Crippen LogP contribution in [0.4, 0.5) is 28.2 Å². The number of nitrogens with two attached hydrogens (primary N) is 1. The number of carbonyl (C=O) groups is 4. The van der Waals surface area contributed by atoms with Crippen LogP contribution in [0.25, 0.3) is 22.0 Å². The topological polar surface area (TPSA) is 174 Å². The highest BCUT2D eigenvalue weighted by Gasteiger charge is 2.52. The van der Waals surface area contributed by atoms with Crippen LogP contribution in [0.15, 0.2) is 48.5 Å². The van der Waals surface area contributed by atoms with Gasteiger partial charge in [-0.1, -0.05) is 48.9 Å². The lowest BCUT2D eigenvalue weighted by molar-refractivity contribution is -0.141. The summed E-state index contributed by atoms with van der Waals surface area (Å²) in [6.07, 6.45) is 8.25. The second-order valence-electron chi connectivity index (χ2n) is 22.4. The normalized spacial score (nSPS) is 24.7. The van der Waals surface area contributed by atoms with Crippen LogP contribution >= 0.6 is 11.6 Å². The maximum Gasteiger partial charge on any atom is 0.329 e. The number of halogens is 5. The maximum atomic E-state index is 16.7. The van der Waals surface area contributed by atoms with Crippen molar-refractivity contribution in [2.45, 2.75) is 107 Å². The third-order valence-electron chi connectivity index (χ3n) is 18.2. The highest BCUT2D eigenvalue weighted by Crippen LogP contribution is 2.58. The second kappa shape index (κ2) is 19.8. The van der Waals surface area contributed by atoms with E-state index >= 15 is 17.6 Å². The fraction of sp³-hybridized carbons (Fsp3) is 0.491. The van der Waals surface area contributed by atoms with E-state index in [9.17, 15) is 19.2 Å². The molecule has 12 rings (SSSR count). The zero-order chi connectivity index (χ0) is 53.7. The van der Waals surface area contributed by atoms with Gasteiger partial charge >= 0.3 is 6.03 Å². The van der Waals surface area contributed by atoms with Gasteiger partial charge in [-0.2, -0.15) is 5.10 Å². The molecule has 7 aliphatic rings. The van der Waals surface area contributed by atoms with Crippen molar-refractivity contribution >= 4 is 52.1 Å². The van der Waals surface area contributed by atoms with Crippen LogP contribution in [0, 0.1) is 34.6 Å². The molecule has 3 saturated heterocycles. The highest BCUT2D eigenvalue weighted by atomic mass is 35.5. The Morgan fingerprint density at radius 3 is 2.27 bits per heavy atom. The molecule has 1 aromatic heterocycles. The summed E-state index contributed by atoms with van der Waals surface area (Å²) in [6, 6.07) is 13.1. The van der Waals surface area contributed by atoms with E-state index in [4.69, 9.17) is 31.5 Å². The van der Waals surface area contributed by atoms with Gasteiger partial charge in [-0.3, -0.25) is 29.3 Å². The molecule has 15 nitrogen and oxygen atoms in total. The van der Waals surface area contributed by atoms with E-state index in [2.05, 4.69) is 25.5 Å². The van der Waals surface area contributed by atoms with E-state index in [0.29, 0.717) is 31.0 Å². The van der Waals surface area contributed by atoms with Crippen LogP contribution in [0.5, 0.6) is 17.2 Å². The fourth-order valence-corrected chi connectivity index (χ4v) is 14.2. The van der Waals surface area contributed by atoms with Crippen molar-refractivity contribution in [3.8, 4) is 28.4 Å². The number of urea groups is 1. The van der Waals surface area contributed by atoms with E-state index < -0.39 is 52.6 Å². The zero-order valence-corrected chi connectivity index (χ0v) is 43.8. The molecular formula is C57H61ClF4N8O7. The molecule has 5 amide bonds. The van der Waals surface area contributed by atoms with Crippen molar-refractivity contribution in [2.75, 3.05) is 57.4 Å². The average Bonchev–Trinajstić information content (AvgIpc) is 3.95. The number of piperidine rings is 2. The summed E-state index contributed by atoms with van der Waals surface area (Å²) < 4.78 is 84.2. The summed E-state index contributed by atoms with van der Waals surface area (Å²) >= 11 is 6.76. The van der Waals surface area contributed by atoms with Gasteiger partial charge in [0.2, 0.25) is 17.7 Å². The van der Waals surface area contributed by atoms with Gasteiger partial charge < -0.3 is 35.1 Å². The number of rotatable bonds is 10. The Labute approximate surface area is 447 Å². The Morgan fingerprint density at radius 2 is 1.57 bits per heavy atom. The molecule has 2 aliphatic carbocycles. The Balaban J connectivity index is 0.651. The first-order chi connectivity index (χ1) is 37.0. The van der Waals surface area contributed by atoms with Crippen molar-refractivity contribution in [3.05, 3.63) is 99.1 Å². The zero-order valence-electron chi connectivity index (χ0n) is 43.0. The third kappa shape index (κ3) is 8.74. The summed E-state index contributed by atoms with van der Waals surface area (Å²) in [7, 11) is 1.57. The van der Waals surface area contributed by atoms with Crippen LogP contribution in [-0.2, 0) is 22.2 Å². The van der Waals surface area contributed by atoms with Crippen LogP contribution < -0.4 is 35.5 Å². The van der Waals surface area contributed by atoms with Gasteiger partial charge in [0.15, 0.2) is 34.6 Å². The Bertz CT molecular complexity index is 3220. The lowest BCUT2D eigenvalue weighted by Gasteiger charge is -2.56. The molecule has 4 aromatic carbocycles. The highest BCUT2D eigenvalue weighted by molar-refractivity contribution is 6.34. The van der Waals surface area contributed by atoms with E-state index in [1.54, 1.807) is 7.05 Å². The molecule has 1 spiro atoms. The van der Waals surface area contributed by atoms with Crippen molar-refractivity contribution in [3.63, 3.8) is 0 Å². The van der Waals surface area contributed by atoms with Gasteiger partial charge in [-0.05, 0) is 106 Å². The number of nitrogens with one attached hydrogen (secondary N) is 2. The minimum absolute atomic E-state index is 0.0161. The van der Waals surface area contributed by atoms with Gasteiger partial charge in [-0.15, -0.1) is 0 Å². The summed E-state index contributed by atoms with van der Waals surface area (Å²) in [5, 5.41) is 10.2. The molecule has 6 heterocycles. The van der Waals surface area contributed by atoms with Crippen LogP contribution in [-0.4, -0.2) is 108 Å². The van der Waals surface area contributed by atoms with Crippen molar-refractivity contribution in [1.29, 1.82) is 0 Å². The third-order valence-corrected chi connectivity index (χ3v) is 18.6. The summed E-state index contributed by atoms with van der Waals surface area (Å²) in [4.78, 5) is 57.1. The number of amides is 5. The van der Waals surface area contributed by atoms with E-state index in [-0.39, 0.29) is 117 Å². The second-order valence-corrected chi connectivity index (χ2v) is 22.7. The predicted molar refractivity (Wildman–Crippen MR) is 278 cm³/mol. The first kappa shape index (κ1) is 51.3. The number of hydrogen-bond acceptors (Lipinski definition) is 10. The number of imide groups is 1. The van der Waals surface area contributed by atoms with Crippen molar-refractivity contribution in [2.24, 2.45) is 24.1 Å². The number of likely N-dealkylation sites (tertiary alicyclic amines) is 2. The molecule has 0 radical (unpaired) electrons. The van der Waals surface area contributed by atoms with Gasteiger partial charge in [0.05, 0.1) is 16.0 Å². The Kier molecular flexibility index (Phi) is 13.2. The predicted octanol–water partition coefficient (Wildman–Crippen LogP) is 8.96. The quantitative estimate of drug-likeness (QED) is 0.115. The minimum atomic E-state index is -1.11. The SMILES string of the molecule is CC1c2c(cc(F)c(Cl)c2-c2c(C(N)=O)cc3c(c2F)OCCO3)OC1(CNC1CCC(C(=O)N2CCC3(CC2)CC(N2CCC(c4c(F)cc5c(N6CCC(=O)NC6=O)nn(C)c5c4F)CC2)C3)CC1)c1ccccc1. The summed E-state index contributed by atoms with van der Waals surface area (Å²) in [5.41, 5.74) is 5.77. The van der Waals surface area contributed by atoms with Gasteiger partial charge in [0, 0.05) is 91.9 Å². The van der Waals surface area contributed by atoms with Crippen LogP contribution in [0.1, 0.15) is 116 Å². The average molecular weight is 1080 g/mol. The molecule has 77 heavy (non-hydrogen) atoms. The number of anilines is 1. The molecule has 20 heteroatoms. The van der Waals surface area contributed by atoms with Gasteiger partial charge in [-0.25, -0.2) is 22.4 Å². The Morgan fingerprint density at radius 1 is 0.857 bits per heavy atom. The number of aromatic nitrogens is 2. The lowest BCUT2D eigenvalue weighted by atomic mass is 9.59. The summed E-state index contributed by atoms with van der Waals surface area (Å²) in [5.74, 6) is -5.11. The van der Waals surface area contributed by atoms with Crippen molar-refractivity contribution in [1.82, 2.24) is 30.2 Å². The number of nitrogens with zero attached hydrogens (tertiary/aromatic N) is 5. The maximum absolute atomic E-state index is 16.7. The number of primary amides is 1. The molecule has 5 aliphatic heterocycles.